The Morgan fingerprint density at radius 2 is 1.59 bits per heavy atom. The Morgan fingerprint density at radius 3 is 2.34 bits per heavy atom. The number of likely N-dealkylation sites (tertiary alicyclic amines) is 1. The van der Waals surface area contributed by atoms with Crippen molar-refractivity contribution in [2.45, 2.75) is 50.3 Å². The summed E-state index contributed by atoms with van der Waals surface area (Å²) in [6, 6.07) is 9.77. The SMILES string of the molecule is O=C(CN1CCN(S(=O)(=O)Cc2ccccc2)CC1)N1CCC[C@H]2CCCC[C@@H]21. The van der Waals surface area contributed by atoms with E-state index in [0.29, 0.717) is 44.7 Å². The number of nitrogens with zero attached hydrogens (tertiary/aromatic N) is 3. The van der Waals surface area contributed by atoms with Crippen molar-refractivity contribution in [3.05, 3.63) is 35.9 Å². The monoisotopic (exact) mass is 419 g/mol. The van der Waals surface area contributed by atoms with Crippen molar-refractivity contribution in [1.29, 1.82) is 0 Å². The Labute approximate surface area is 174 Å². The molecule has 2 aliphatic heterocycles. The van der Waals surface area contributed by atoms with Crippen LogP contribution >= 0.6 is 0 Å². The number of carbonyl (C=O) groups excluding carboxylic acids is 1. The van der Waals surface area contributed by atoms with E-state index in [4.69, 9.17) is 0 Å². The Morgan fingerprint density at radius 1 is 0.897 bits per heavy atom. The van der Waals surface area contributed by atoms with Crippen LogP contribution in [0.15, 0.2) is 30.3 Å². The zero-order chi connectivity index (χ0) is 20.3. The van der Waals surface area contributed by atoms with Gasteiger partial charge in [-0.2, -0.15) is 4.31 Å². The number of carbonyl (C=O) groups is 1. The molecule has 2 heterocycles. The third kappa shape index (κ3) is 5.01. The lowest BCUT2D eigenvalue weighted by molar-refractivity contribution is -0.139. The molecule has 0 unspecified atom stereocenters. The molecular formula is C22H33N3O3S. The van der Waals surface area contributed by atoms with Crippen LogP contribution in [0.1, 0.15) is 44.1 Å². The van der Waals surface area contributed by atoms with Gasteiger partial charge >= 0.3 is 0 Å². The maximum absolute atomic E-state index is 13.0. The molecule has 7 heteroatoms. The molecule has 29 heavy (non-hydrogen) atoms. The summed E-state index contributed by atoms with van der Waals surface area (Å²) in [5, 5.41) is 0. The fourth-order valence-corrected chi connectivity index (χ4v) is 6.77. The lowest BCUT2D eigenvalue weighted by Crippen LogP contribution is -2.55. The third-order valence-electron chi connectivity index (χ3n) is 6.84. The first kappa shape index (κ1) is 20.8. The average molecular weight is 420 g/mol. The summed E-state index contributed by atoms with van der Waals surface area (Å²) in [4.78, 5) is 17.3. The lowest BCUT2D eigenvalue weighted by atomic mass is 9.78. The quantitative estimate of drug-likeness (QED) is 0.735. The number of piperidine rings is 1. The van der Waals surface area contributed by atoms with Crippen molar-refractivity contribution < 1.29 is 13.2 Å². The van der Waals surface area contributed by atoms with E-state index in [-0.39, 0.29) is 11.7 Å². The van der Waals surface area contributed by atoms with Gasteiger partial charge in [-0.1, -0.05) is 43.2 Å². The molecule has 0 aromatic heterocycles. The van der Waals surface area contributed by atoms with Gasteiger partial charge in [0.1, 0.15) is 0 Å². The summed E-state index contributed by atoms with van der Waals surface area (Å²) in [6.07, 6.45) is 7.37. The standard InChI is InChI=1S/C22H33N3O3S/c26-22(25-12-6-10-20-9-4-5-11-21(20)25)17-23-13-15-24(16-14-23)29(27,28)18-19-7-2-1-3-8-19/h1-3,7-8,20-21H,4-6,9-18H2/t20-,21+/m1/s1. The van der Waals surface area contributed by atoms with Gasteiger partial charge in [0.15, 0.2) is 0 Å². The maximum Gasteiger partial charge on any atom is 0.237 e. The van der Waals surface area contributed by atoms with E-state index in [1.54, 1.807) is 4.31 Å². The first-order chi connectivity index (χ1) is 14.0. The van der Waals surface area contributed by atoms with E-state index in [9.17, 15) is 13.2 Å². The number of fused-ring (bicyclic) bond motifs is 1. The summed E-state index contributed by atoms with van der Waals surface area (Å²) in [5.74, 6) is 0.979. The lowest BCUT2D eigenvalue weighted by Gasteiger charge is -2.45. The van der Waals surface area contributed by atoms with Crippen LogP contribution in [0.2, 0.25) is 0 Å². The topological polar surface area (TPSA) is 60.9 Å². The highest BCUT2D eigenvalue weighted by Crippen LogP contribution is 2.35. The molecule has 1 aliphatic carbocycles. The Kier molecular flexibility index (Phi) is 6.56. The minimum Gasteiger partial charge on any atom is -0.338 e. The fourth-order valence-electron chi connectivity index (χ4n) is 5.26. The second kappa shape index (κ2) is 9.14. The number of benzene rings is 1. The average Bonchev–Trinajstić information content (AvgIpc) is 2.74. The second-order valence-corrected chi connectivity index (χ2v) is 10.7. The molecule has 3 aliphatic rings. The van der Waals surface area contributed by atoms with Crippen LogP contribution in [0.4, 0.5) is 0 Å². The molecule has 2 atom stereocenters. The normalized spacial score (nSPS) is 26.8. The van der Waals surface area contributed by atoms with Crippen molar-refractivity contribution >= 4 is 15.9 Å². The van der Waals surface area contributed by atoms with Gasteiger partial charge in [-0.05, 0) is 37.2 Å². The van der Waals surface area contributed by atoms with E-state index >= 15 is 0 Å². The molecule has 4 rings (SSSR count). The maximum atomic E-state index is 13.0. The molecule has 0 bridgehead atoms. The second-order valence-electron chi connectivity index (χ2n) is 8.76. The fraction of sp³-hybridized carbons (Fsp3) is 0.682. The largest absolute Gasteiger partial charge is 0.338 e. The molecule has 160 valence electrons. The van der Waals surface area contributed by atoms with Crippen molar-refractivity contribution in [1.82, 2.24) is 14.1 Å². The zero-order valence-corrected chi connectivity index (χ0v) is 18.0. The molecule has 1 aromatic rings. The molecule has 3 fully saturated rings. The molecule has 6 nitrogen and oxygen atoms in total. The third-order valence-corrected chi connectivity index (χ3v) is 8.69. The van der Waals surface area contributed by atoms with Gasteiger partial charge in [0.2, 0.25) is 15.9 Å². The van der Waals surface area contributed by atoms with Crippen molar-refractivity contribution in [3.63, 3.8) is 0 Å². The van der Waals surface area contributed by atoms with Crippen LogP contribution in [-0.4, -0.2) is 73.7 Å². The molecule has 1 saturated carbocycles. The predicted octanol–water partition coefficient (Wildman–Crippen LogP) is 2.32. The number of hydrogen-bond donors (Lipinski definition) is 0. The molecule has 1 aromatic carbocycles. The summed E-state index contributed by atoms with van der Waals surface area (Å²) in [6.45, 7) is 3.51. The number of amides is 1. The summed E-state index contributed by atoms with van der Waals surface area (Å²) in [7, 11) is -3.31. The first-order valence-corrected chi connectivity index (χ1v) is 12.7. The minimum atomic E-state index is -3.31. The molecule has 0 radical (unpaired) electrons. The molecule has 0 N–H and O–H groups in total. The molecule has 2 saturated heterocycles. The predicted molar refractivity (Wildman–Crippen MR) is 114 cm³/mol. The number of rotatable bonds is 5. The molecule has 1 amide bonds. The van der Waals surface area contributed by atoms with E-state index in [1.807, 2.05) is 30.3 Å². The smallest absolute Gasteiger partial charge is 0.237 e. The van der Waals surface area contributed by atoms with Crippen molar-refractivity contribution in [3.8, 4) is 0 Å². The number of hydrogen-bond acceptors (Lipinski definition) is 4. The van der Waals surface area contributed by atoms with E-state index in [0.717, 1.165) is 24.9 Å². The summed E-state index contributed by atoms with van der Waals surface area (Å²) in [5.41, 5.74) is 0.817. The zero-order valence-electron chi connectivity index (χ0n) is 17.2. The van der Waals surface area contributed by atoms with Crippen molar-refractivity contribution in [2.75, 3.05) is 39.3 Å². The van der Waals surface area contributed by atoms with E-state index in [1.165, 1.54) is 25.7 Å². The van der Waals surface area contributed by atoms with Gasteiger partial charge in [-0.3, -0.25) is 9.69 Å². The van der Waals surface area contributed by atoms with Crippen LogP contribution in [0, 0.1) is 5.92 Å². The van der Waals surface area contributed by atoms with Crippen LogP contribution in [0.3, 0.4) is 0 Å². The van der Waals surface area contributed by atoms with Crippen LogP contribution in [0.25, 0.3) is 0 Å². The van der Waals surface area contributed by atoms with Crippen LogP contribution in [0.5, 0.6) is 0 Å². The Balaban J connectivity index is 1.29. The van der Waals surface area contributed by atoms with Crippen molar-refractivity contribution in [2.24, 2.45) is 5.92 Å². The highest BCUT2D eigenvalue weighted by molar-refractivity contribution is 7.88. The van der Waals surface area contributed by atoms with E-state index in [2.05, 4.69) is 9.80 Å². The highest BCUT2D eigenvalue weighted by Gasteiger charge is 2.36. The Bertz CT molecular complexity index is 789. The van der Waals surface area contributed by atoms with Gasteiger partial charge in [0.05, 0.1) is 12.3 Å². The summed E-state index contributed by atoms with van der Waals surface area (Å²) < 4.78 is 27.0. The van der Waals surface area contributed by atoms with Gasteiger partial charge in [-0.25, -0.2) is 8.42 Å². The number of piperazine rings is 1. The summed E-state index contributed by atoms with van der Waals surface area (Å²) >= 11 is 0. The molecule has 0 spiro atoms. The van der Waals surface area contributed by atoms with Gasteiger partial charge in [-0.15, -0.1) is 0 Å². The minimum absolute atomic E-state index is 0.0453. The van der Waals surface area contributed by atoms with Crippen LogP contribution in [-0.2, 0) is 20.6 Å². The number of sulfonamides is 1. The molecular weight excluding hydrogens is 386 g/mol. The Hall–Kier alpha value is -1.44. The highest BCUT2D eigenvalue weighted by atomic mass is 32.2. The van der Waals surface area contributed by atoms with Gasteiger partial charge in [0.25, 0.3) is 0 Å². The van der Waals surface area contributed by atoms with Gasteiger partial charge in [0, 0.05) is 38.8 Å². The van der Waals surface area contributed by atoms with Gasteiger partial charge < -0.3 is 4.90 Å². The first-order valence-electron chi connectivity index (χ1n) is 11.1. The van der Waals surface area contributed by atoms with E-state index < -0.39 is 10.0 Å². The van der Waals surface area contributed by atoms with Crippen LogP contribution < -0.4 is 0 Å².